The molecule has 3 aromatic rings. The van der Waals surface area contributed by atoms with Crippen LogP contribution >= 0.6 is 0 Å². The van der Waals surface area contributed by atoms with Crippen molar-refractivity contribution in [3.63, 3.8) is 0 Å². The lowest BCUT2D eigenvalue weighted by Gasteiger charge is -2.36. The molecule has 1 saturated carbocycles. The van der Waals surface area contributed by atoms with Gasteiger partial charge in [0, 0.05) is 37.3 Å². The summed E-state index contributed by atoms with van der Waals surface area (Å²) >= 11 is 0. The van der Waals surface area contributed by atoms with Gasteiger partial charge in [-0.25, -0.2) is 19.9 Å². The molecule has 3 aromatic heterocycles. The van der Waals surface area contributed by atoms with Crippen molar-refractivity contribution >= 4 is 11.2 Å². The van der Waals surface area contributed by atoms with Crippen LogP contribution in [0.4, 0.5) is 13.2 Å². The van der Waals surface area contributed by atoms with Crippen molar-refractivity contribution in [1.82, 2.24) is 29.7 Å². The summed E-state index contributed by atoms with van der Waals surface area (Å²) < 4.78 is 47.0. The fourth-order valence-electron chi connectivity index (χ4n) is 4.60. The van der Waals surface area contributed by atoms with Crippen molar-refractivity contribution in [1.29, 1.82) is 0 Å². The largest absolute Gasteiger partial charge is 0.391 e. The van der Waals surface area contributed by atoms with E-state index in [2.05, 4.69) is 15.1 Å². The zero-order valence-electron chi connectivity index (χ0n) is 18.2. The van der Waals surface area contributed by atoms with Gasteiger partial charge in [0.2, 0.25) is 0 Å². The first kappa shape index (κ1) is 21.2. The molecule has 1 aliphatic heterocycles. The van der Waals surface area contributed by atoms with Crippen LogP contribution in [0.1, 0.15) is 72.1 Å². The number of halogens is 3. The number of alkyl halides is 3. The number of ether oxygens (including phenoxy) is 1. The van der Waals surface area contributed by atoms with Gasteiger partial charge in [0.1, 0.15) is 11.3 Å². The highest BCUT2D eigenvalue weighted by atomic mass is 19.4. The van der Waals surface area contributed by atoms with Crippen LogP contribution in [0.3, 0.4) is 0 Å². The predicted molar refractivity (Wildman–Crippen MR) is 110 cm³/mol. The lowest BCUT2D eigenvalue weighted by Crippen LogP contribution is -2.35. The molecular formula is C22H25F3N6O. The maximum absolute atomic E-state index is 13.1. The van der Waals surface area contributed by atoms with Gasteiger partial charge in [0.15, 0.2) is 5.65 Å². The summed E-state index contributed by atoms with van der Waals surface area (Å²) in [5.74, 6) is -0.911. The van der Waals surface area contributed by atoms with Crippen LogP contribution in [0.5, 0.6) is 0 Å². The summed E-state index contributed by atoms with van der Waals surface area (Å²) in [6, 6.07) is 0. The summed E-state index contributed by atoms with van der Waals surface area (Å²) in [6.45, 7) is 4.26. The maximum Gasteiger partial charge on any atom is 0.391 e. The number of hydrogen-bond donors (Lipinski definition) is 0. The molecule has 0 N–H and O–H groups in total. The Morgan fingerprint density at radius 2 is 1.75 bits per heavy atom. The normalized spacial score (nSPS) is 26.3. The van der Waals surface area contributed by atoms with E-state index in [9.17, 15) is 13.2 Å². The second-order valence-corrected chi connectivity index (χ2v) is 8.97. The van der Waals surface area contributed by atoms with Gasteiger partial charge < -0.3 is 4.74 Å². The quantitative estimate of drug-likeness (QED) is 0.591. The fourth-order valence-corrected chi connectivity index (χ4v) is 4.60. The van der Waals surface area contributed by atoms with Crippen molar-refractivity contribution < 1.29 is 17.9 Å². The molecule has 170 valence electrons. The summed E-state index contributed by atoms with van der Waals surface area (Å²) in [7, 11) is 1.86. The minimum atomic E-state index is -4.17. The monoisotopic (exact) mass is 446 g/mol. The van der Waals surface area contributed by atoms with Crippen LogP contribution in [-0.2, 0) is 11.8 Å². The lowest BCUT2D eigenvalue weighted by atomic mass is 9.72. The lowest BCUT2D eigenvalue weighted by molar-refractivity contribution is -0.197. The Bertz CT molecular complexity index is 1150. The number of nitrogens with zero attached hydrogens (tertiary/aromatic N) is 6. The standard InChI is InChI=1S/C22H25F3N6O/c1-11-12(2)28-21-19(27-11)18(14-6-16(7-14)22(23,24)25)29-20(30-21)13-4-5-32-17(8-13)15-9-26-31(3)10-15/h9-10,13-14,16-17H,4-8H2,1-3H3/t13-,14-,16+,17-/m1/s1. The molecule has 5 rings (SSSR count). The third-order valence-electron chi connectivity index (χ3n) is 6.72. The van der Waals surface area contributed by atoms with Gasteiger partial charge in [-0.15, -0.1) is 0 Å². The van der Waals surface area contributed by atoms with Crippen molar-refractivity contribution in [3.8, 4) is 0 Å². The fraction of sp³-hybridized carbons (Fsp3) is 0.591. The Labute approximate surface area is 183 Å². The molecule has 7 nitrogen and oxygen atoms in total. The van der Waals surface area contributed by atoms with Crippen molar-refractivity contribution in [2.75, 3.05) is 6.61 Å². The summed E-state index contributed by atoms with van der Waals surface area (Å²) in [6.07, 6.45) is 0.949. The van der Waals surface area contributed by atoms with E-state index in [0.29, 0.717) is 35.7 Å². The minimum absolute atomic E-state index is 0.0269. The van der Waals surface area contributed by atoms with Gasteiger partial charge in [-0.2, -0.15) is 18.3 Å². The van der Waals surface area contributed by atoms with Crippen LogP contribution in [0, 0.1) is 19.8 Å². The first-order valence-corrected chi connectivity index (χ1v) is 10.9. The number of fused-ring (bicyclic) bond motifs is 1. The molecule has 32 heavy (non-hydrogen) atoms. The van der Waals surface area contributed by atoms with Crippen LogP contribution in [-0.4, -0.2) is 42.5 Å². The van der Waals surface area contributed by atoms with Crippen LogP contribution in [0.25, 0.3) is 11.2 Å². The molecule has 2 fully saturated rings. The molecule has 1 saturated heterocycles. The van der Waals surface area contributed by atoms with Crippen LogP contribution in [0.2, 0.25) is 0 Å². The van der Waals surface area contributed by atoms with E-state index in [-0.39, 0.29) is 30.8 Å². The molecular weight excluding hydrogens is 421 g/mol. The maximum atomic E-state index is 13.1. The number of aryl methyl sites for hydroxylation is 3. The van der Waals surface area contributed by atoms with E-state index in [1.165, 1.54) is 0 Å². The van der Waals surface area contributed by atoms with Crippen LogP contribution < -0.4 is 0 Å². The average molecular weight is 446 g/mol. The van der Waals surface area contributed by atoms with E-state index in [4.69, 9.17) is 14.7 Å². The SMILES string of the molecule is Cc1nc2nc([C@@H]3CCO[C@@H](c4cnn(C)c4)C3)nc([C@H]3C[C@@H](C(F)(F)F)C3)c2nc1C. The number of rotatable bonds is 3. The average Bonchev–Trinajstić information content (AvgIpc) is 3.13. The van der Waals surface area contributed by atoms with E-state index >= 15 is 0 Å². The molecule has 0 spiro atoms. The van der Waals surface area contributed by atoms with Gasteiger partial charge in [-0.1, -0.05) is 0 Å². The molecule has 0 aromatic carbocycles. The van der Waals surface area contributed by atoms with Crippen molar-refractivity contribution in [3.05, 3.63) is 40.9 Å². The Balaban J connectivity index is 1.50. The van der Waals surface area contributed by atoms with Gasteiger partial charge in [-0.3, -0.25) is 4.68 Å². The van der Waals surface area contributed by atoms with Gasteiger partial charge in [0.25, 0.3) is 0 Å². The Hall–Kier alpha value is -2.62. The molecule has 2 aliphatic rings. The molecule has 0 bridgehead atoms. The first-order chi connectivity index (χ1) is 15.2. The van der Waals surface area contributed by atoms with Gasteiger partial charge in [0.05, 0.1) is 35.3 Å². The highest BCUT2D eigenvalue weighted by Crippen LogP contribution is 2.50. The van der Waals surface area contributed by atoms with E-state index < -0.39 is 12.1 Å². The van der Waals surface area contributed by atoms with Crippen molar-refractivity contribution in [2.45, 2.75) is 63.6 Å². The third-order valence-corrected chi connectivity index (χ3v) is 6.72. The van der Waals surface area contributed by atoms with Crippen molar-refractivity contribution in [2.24, 2.45) is 13.0 Å². The zero-order chi connectivity index (χ0) is 22.6. The molecule has 1 aliphatic carbocycles. The van der Waals surface area contributed by atoms with E-state index in [0.717, 1.165) is 23.4 Å². The minimum Gasteiger partial charge on any atom is -0.373 e. The number of hydrogen-bond acceptors (Lipinski definition) is 6. The molecule has 2 atom stereocenters. The third kappa shape index (κ3) is 3.85. The highest BCUT2D eigenvalue weighted by molar-refractivity contribution is 5.73. The molecule has 0 amide bonds. The Morgan fingerprint density at radius 1 is 1.00 bits per heavy atom. The van der Waals surface area contributed by atoms with Gasteiger partial charge >= 0.3 is 6.18 Å². The Kier molecular flexibility index (Phi) is 5.15. The highest BCUT2D eigenvalue weighted by Gasteiger charge is 2.49. The summed E-state index contributed by atoms with van der Waals surface area (Å²) in [4.78, 5) is 18.7. The first-order valence-electron chi connectivity index (χ1n) is 10.9. The topological polar surface area (TPSA) is 78.6 Å². The molecule has 10 heteroatoms. The molecule has 0 radical (unpaired) electrons. The second kappa shape index (κ2) is 7.75. The zero-order valence-corrected chi connectivity index (χ0v) is 18.2. The van der Waals surface area contributed by atoms with E-state index in [1.54, 1.807) is 10.9 Å². The molecule has 4 heterocycles. The summed E-state index contributed by atoms with van der Waals surface area (Å²) in [5.41, 5.74) is 4.09. The second-order valence-electron chi connectivity index (χ2n) is 8.97. The van der Waals surface area contributed by atoms with Gasteiger partial charge in [-0.05, 0) is 39.5 Å². The summed E-state index contributed by atoms with van der Waals surface area (Å²) in [5, 5.41) is 4.23. The van der Waals surface area contributed by atoms with Crippen LogP contribution in [0.15, 0.2) is 12.4 Å². The number of aromatic nitrogens is 6. The smallest absolute Gasteiger partial charge is 0.373 e. The molecule has 0 unspecified atom stereocenters. The van der Waals surface area contributed by atoms with E-state index in [1.807, 2.05) is 27.1 Å². The predicted octanol–water partition coefficient (Wildman–Crippen LogP) is 4.46. The Morgan fingerprint density at radius 3 is 2.44 bits per heavy atom.